The van der Waals surface area contributed by atoms with Crippen molar-refractivity contribution >= 4 is 11.7 Å². The van der Waals surface area contributed by atoms with Gasteiger partial charge in [0.05, 0.1) is 25.0 Å². The van der Waals surface area contributed by atoms with Crippen molar-refractivity contribution in [2.24, 2.45) is 0 Å². The van der Waals surface area contributed by atoms with Crippen LogP contribution in [0.4, 0.5) is 10.2 Å². The molecule has 1 heterocycles. The van der Waals surface area contributed by atoms with Crippen LogP contribution in [0.5, 0.6) is 0 Å². The molecule has 1 rings (SSSR count). The molecule has 112 valence electrons. The molecule has 1 aromatic heterocycles. The molecule has 0 fully saturated rings. The summed E-state index contributed by atoms with van der Waals surface area (Å²) in [5.41, 5.74) is 5.58. The summed E-state index contributed by atoms with van der Waals surface area (Å²) in [4.78, 5) is 15.3. The van der Waals surface area contributed by atoms with Crippen molar-refractivity contribution in [2.45, 2.75) is 12.8 Å². The van der Waals surface area contributed by atoms with Crippen LogP contribution in [-0.4, -0.2) is 44.4 Å². The van der Waals surface area contributed by atoms with E-state index in [4.69, 9.17) is 15.2 Å². The molecule has 1 amide bonds. The molecule has 3 N–H and O–H groups in total. The zero-order valence-corrected chi connectivity index (χ0v) is 11.5. The van der Waals surface area contributed by atoms with Gasteiger partial charge in [-0.2, -0.15) is 0 Å². The quantitative estimate of drug-likeness (QED) is 0.660. The molecular formula is C13H20FN3O3. The lowest BCUT2D eigenvalue weighted by Crippen LogP contribution is -2.26. The number of hydrogen-bond acceptors (Lipinski definition) is 5. The Morgan fingerprint density at radius 3 is 2.95 bits per heavy atom. The van der Waals surface area contributed by atoms with E-state index in [1.165, 1.54) is 0 Å². The number of halogens is 1. The van der Waals surface area contributed by atoms with Gasteiger partial charge in [0.15, 0.2) is 0 Å². The highest BCUT2D eigenvalue weighted by molar-refractivity contribution is 5.98. The third kappa shape index (κ3) is 5.94. The minimum atomic E-state index is -0.587. The summed E-state index contributed by atoms with van der Waals surface area (Å²) in [6, 6.07) is 1.07. The topological polar surface area (TPSA) is 86.5 Å². The lowest BCUT2D eigenvalue weighted by Gasteiger charge is -2.07. The number of nitrogen functional groups attached to an aromatic ring is 1. The van der Waals surface area contributed by atoms with Gasteiger partial charge in [0.25, 0.3) is 5.91 Å². The number of nitrogens with one attached hydrogen (secondary N) is 1. The first-order valence-electron chi connectivity index (χ1n) is 6.41. The van der Waals surface area contributed by atoms with E-state index in [1.807, 2.05) is 0 Å². The molecule has 0 spiro atoms. The summed E-state index contributed by atoms with van der Waals surface area (Å²) in [5.74, 6) is -0.988. The lowest BCUT2D eigenvalue weighted by molar-refractivity contribution is 0.0686. The standard InChI is InChI=1S/C13H20FN3O3/c1-19-6-7-20-5-3-2-4-16-13(18)11-8-10(14)9-17-12(11)15/h8-9H,2-7H2,1H3,(H2,15,17)(H,16,18). The molecule has 0 aliphatic rings. The van der Waals surface area contributed by atoms with Gasteiger partial charge in [-0.1, -0.05) is 0 Å². The number of rotatable bonds is 9. The highest BCUT2D eigenvalue weighted by atomic mass is 19.1. The van der Waals surface area contributed by atoms with Crippen LogP contribution in [0.15, 0.2) is 12.3 Å². The molecule has 20 heavy (non-hydrogen) atoms. The summed E-state index contributed by atoms with van der Waals surface area (Å²) < 4.78 is 23.1. The minimum Gasteiger partial charge on any atom is -0.383 e. The van der Waals surface area contributed by atoms with Crippen molar-refractivity contribution in [3.05, 3.63) is 23.6 Å². The van der Waals surface area contributed by atoms with Gasteiger partial charge in [0, 0.05) is 20.3 Å². The third-order valence-corrected chi connectivity index (χ3v) is 2.56. The summed E-state index contributed by atoms with van der Waals surface area (Å²) in [6.45, 7) is 2.22. The largest absolute Gasteiger partial charge is 0.383 e. The Hall–Kier alpha value is -1.73. The molecule has 0 atom stereocenters. The van der Waals surface area contributed by atoms with Crippen LogP contribution < -0.4 is 11.1 Å². The van der Waals surface area contributed by atoms with Gasteiger partial charge in [-0.3, -0.25) is 4.79 Å². The average molecular weight is 285 g/mol. The summed E-state index contributed by atoms with van der Waals surface area (Å²) in [6.07, 6.45) is 2.56. The van der Waals surface area contributed by atoms with Gasteiger partial charge in [0.1, 0.15) is 11.6 Å². The van der Waals surface area contributed by atoms with Gasteiger partial charge in [-0.15, -0.1) is 0 Å². The Morgan fingerprint density at radius 1 is 1.40 bits per heavy atom. The summed E-state index contributed by atoms with van der Waals surface area (Å²) in [7, 11) is 1.62. The minimum absolute atomic E-state index is 0.0202. The SMILES string of the molecule is COCCOCCCCNC(=O)c1cc(F)cnc1N. The molecule has 0 saturated carbocycles. The smallest absolute Gasteiger partial charge is 0.255 e. The number of hydrogen-bond donors (Lipinski definition) is 2. The number of unbranched alkanes of at least 4 members (excludes halogenated alkanes) is 1. The van der Waals surface area contributed by atoms with Crippen LogP contribution in [-0.2, 0) is 9.47 Å². The predicted octanol–water partition coefficient (Wildman–Crippen LogP) is 0.976. The molecule has 6 nitrogen and oxygen atoms in total. The van der Waals surface area contributed by atoms with Gasteiger partial charge in [-0.05, 0) is 18.9 Å². The zero-order valence-electron chi connectivity index (χ0n) is 11.5. The molecule has 0 bridgehead atoms. The highest BCUT2D eigenvalue weighted by Crippen LogP contribution is 2.09. The van der Waals surface area contributed by atoms with E-state index in [1.54, 1.807) is 7.11 Å². The van der Waals surface area contributed by atoms with Crippen LogP contribution in [0.3, 0.4) is 0 Å². The number of carbonyl (C=O) groups is 1. The van der Waals surface area contributed by atoms with E-state index in [-0.39, 0.29) is 11.4 Å². The van der Waals surface area contributed by atoms with E-state index < -0.39 is 11.7 Å². The van der Waals surface area contributed by atoms with Crippen molar-refractivity contribution in [1.82, 2.24) is 10.3 Å². The molecule has 0 radical (unpaired) electrons. The van der Waals surface area contributed by atoms with Crippen molar-refractivity contribution in [2.75, 3.05) is 39.2 Å². The van der Waals surface area contributed by atoms with E-state index in [2.05, 4.69) is 10.3 Å². The first-order chi connectivity index (χ1) is 9.65. The monoisotopic (exact) mass is 285 g/mol. The van der Waals surface area contributed by atoms with Gasteiger partial charge in [0.2, 0.25) is 0 Å². The highest BCUT2D eigenvalue weighted by Gasteiger charge is 2.11. The molecule has 0 aliphatic carbocycles. The average Bonchev–Trinajstić information content (AvgIpc) is 2.44. The van der Waals surface area contributed by atoms with Crippen LogP contribution >= 0.6 is 0 Å². The Labute approximate surface area is 117 Å². The van der Waals surface area contributed by atoms with Crippen molar-refractivity contribution in [3.63, 3.8) is 0 Å². The molecule has 0 saturated heterocycles. The number of methoxy groups -OCH3 is 1. The maximum atomic E-state index is 13.0. The van der Waals surface area contributed by atoms with E-state index in [0.29, 0.717) is 26.4 Å². The second-order valence-corrected chi connectivity index (χ2v) is 4.15. The first-order valence-corrected chi connectivity index (χ1v) is 6.41. The number of aromatic nitrogens is 1. The summed E-state index contributed by atoms with van der Waals surface area (Å²) >= 11 is 0. The van der Waals surface area contributed by atoms with Crippen LogP contribution in [0, 0.1) is 5.82 Å². The normalized spacial score (nSPS) is 10.5. The number of amides is 1. The van der Waals surface area contributed by atoms with Crippen LogP contribution in [0.2, 0.25) is 0 Å². The molecule has 0 aromatic carbocycles. The number of carbonyl (C=O) groups excluding carboxylic acids is 1. The van der Waals surface area contributed by atoms with Gasteiger partial charge >= 0.3 is 0 Å². The Morgan fingerprint density at radius 2 is 2.20 bits per heavy atom. The molecule has 0 unspecified atom stereocenters. The number of pyridine rings is 1. The lowest BCUT2D eigenvalue weighted by atomic mass is 10.2. The first kappa shape index (κ1) is 16.3. The van der Waals surface area contributed by atoms with E-state index in [0.717, 1.165) is 25.1 Å². The fourth-order valence-corrected chi connectivity index (χ4v) is 1.50. The van der Waals surface area contributed by atoms with E-state index >= 15 is 0 Å². The maximum Gasteiger partial charge on any atom is 0.255 e. The van der Waals surface area contributed by atoms with Crippen LogP contribution in [0.25, 0.3) is 0 Å². The second-order valence-electron chi connectivity index (χ2n) is 4.15. The van der Waals surface area contributed by atoms with Crippen LogP contribution in [0.1, 0.15) is 23.2 Å². The van der Waals surface area contributed by atoms with E-state index in [9.17, 15) is 9.18 Å². The number of nitrogens with zero attached hydrogens (tertiary/aromatic N) is 1. The van der Waals surface area contributed by atoms with Crippen molar-refractivity contribution < 1.29 is 18.7 Å². The number of anilines is 1. The second kappa shape index (κ2) is 9.22. The maximum absolute atomic E-state index is 13.0. The fraction of sp³-hybridized carbons (Fsp3) is 0.538. The molecular weight excluding hydrogens is 265 g/mol. The Balaban J connectivity index is 2.18. The Kier molecular flexibility index (Phi) is 7.52. The number of nitrogens with two attached hydrogens (primary N) is 1. The van der Waals surface area contributed by atoms with Gasteiger partial charge in [-0.25, -0.2) is 9.37 Å². The zero-order chi connectivity index (χ0) is 14.8. The molecule has 1 aromatic rings. The van der Waals surface area contributed by atoms with Crippen molar-refractivity contribution in [1.29, 1.82) is 0 Å². The molecule has 7 heteroatoms. The third-order valence-electron chi connectivity index (χ3n) is 2.56. The number of ether oxygens (including phenoxy) is 2. The molecule has 0 aliphatic heterocycles. The van der Waals surface area contributed by atoms with Crippen molar-refractivity contribution in [3.8, 4) is 0 Å². The summed E-state index contributed by atoms with van der Waals surface area (Å²) in [5, 5.41) is 2.66. The Bertz CT molecular complexity index is 429. The predicted molar refractivity (Wildman–Crippen MR) is 72.9 cm³/mol. The van der Waals surface area contributed by atoms with Gasteiger partial charge < -0.3 is 20.5 Å². The fourth-order valence-electron chi connectivity index (χ4n) is 1.50.